The zero-order valence-electron chi connectivity index (χ0n) is 9.16. The van der Waals surface area contributed by atoms with Gasteiger partial charge in [0, 0.05) is 15.9 Å². The Labute approximate surface area is 114 Å². The molecule has 1 aliphatic heterocycles. The molecule has 1 aromatic rings. The summed E-state index contributed by atoms with van der Waals surface area (Å²) in [5, 5.41) is 0. The highest BCUT2D eigenvalue weighted by atomic mass is 79.9. The molecule has 2 unspecified atom stereocenters. The lowest BCUT2D eigenvalue weighted by Crippen LogP contribution is -2.05. The molecule has 3 heteroatoms. The SMILES string of the molecule is Brc1ccc(C(Br)CCC2CCCO2)cc1. The summed E-state index contributed by atoms with van der Waals surface area (Å²) in [6.07, 6.45) is 5.27. The van der Waals surface area contributed by atoms with E-state index in [9.17, 15) is 0 Å². The van der Waals surface area contributed by atoms with Crippen LogP contribution in [0, 0.1) is 0 Å². The maximum absolute atomic E-state index is 5.63. The molecule has 2 atom stereocenters. The molecule has 1 saturated heterocycles. The van der Waals surface area contributed by atoms with Crippen LogP contribution >= 0.6 is 31.9 Å². The van der Waals surface area contributed by atoms with Crippen molar-refractivity contribution in [3.63, 3.8) is 0 Å². The van der Waals surface area contributed by atoms with Gasteiger partial charge in [0.05, 0.1) is 6.10 Å². The molecule has 0 aliphatic carbocycles. The highest BCUT2D eigenvalue weighted by Crippen LogP contribution is 2.31. The Morgan fingerprint density at radius 1 is 1.31 bits per heavy atom. The largest absolute Gasteiger partial charge is 0.378 e. The molecule has 2 rings (SSSR count). The van der Waals surface area contributed by atoms with Gasteiger partial charge in [-0.1, -0.05) is 44.0 Å². The number of hydrogen-bond donors (Lipinski definition) is 0. The van der Waals surface area contributed by atoms with Gasteiger partial charge in [-0.25, -0.2) is 0 Å². The molecule has 0 saturated carbocycles. The van der Waals surface area contributed by atoms with Gasteiger partial charge in [-0.3, -0.25) is 0 Å². The quantitative estimate of drug-likeness (QED) is 0.708. The van der Waals surface area contributed by atoms with E-state index in [1.54, 1.807) is 0 Å². The van der Waals surface area contributed by atoms with Gasteiger partial charge in [-0.2, -0.15) is 0 Å². The Hall–Kier alpha value is 0.140. The second-order valence-electron chi connectivity index (χ2n) is 4.23. The fraction of sp³-hybridized carbons (Fsp3) is 0.538. The van der Waals surface area contributed by atoms with Gasteiger partial charge in [0.25, 0.3) is 0 Å². The summed E-state index contributed by atoms with van der Waals surface area (Å²) in [7, 11) is 0. The van der Waals surface area contributed by atoms with Gasteiger partial charge >= 0.3 is 0 Å². The minimum Gasteiger partial charge on any atom is -0.378 e. The highest BCUT2D eigenvalue weighted by Gasteiger charge is 2.17. The van der Waals surface area contributed by atoms with Crippen molar-refractivity contribution in [2.45, 2.75) is 36.6 Å². The minimum atomic E-state index is 0.449. The molecule has 0 radical (unpaired) electrons. The Morgan fingerprint density at radius 2 is 2.06 bits per heavy atom. The molecule has 88 valence electrons. The summed E-state index contributed by atoms with van der Waals surface area (Å²) in [4.78, 5) is 0.449. The molecular formula is C13H16Br2O. The molecule has 0 N–H and O–H groups in total. The van der Waals surface area contributed by atoms with Crippen LogP contribution in [0.25, 0.3) is 0 Å². The third kappa shape index (κ3) is 3.57. The zero-order valence-corrected chi connectivity index (χ0v) is 12.3. The number of rotatable bonds is 4. The number of alkyl halides is 1. The van der Waals surface area contributed by atoms with E-state index < -0.39 is 0 Å². The molecule has 0 spiro atoms. The Morgan fingerprint density at radius 3 is 2.69 bits per heavy atom. The fourth-order valence-electron chi connectivity index (χ4n) is 2.04. The molecule has 1 aromatic carbocycles. The fourth-order valence-corrected chi connectivity index (χ4v) is 2.88. The molecule has 0 amide bonds. The van der Waals surface area contributed by atoms with Crippen molar-refractivity contribution in [3.8, 4) is 0 Å². The maximum Gasteiger partial charge on any atom is 0.0576 e. The Balaban J connectivity index is 1.82. The van der Waals surface area contributed by atoms with Crippen LogP contribution in [0.2, 0.25) is 0 Å². The van der Waals surface area contributed by atoms with E-state index in [0.29, 0.717) is 10.9 Å². The van der Waals surface area contributed by atoms with Crippen LogP contribution < -0.4 is 0 Å². The van der Waals surface area contributed by atoms with Crippen LogP contribution in [0.15, 0.2) is 28.7 Å². The second-order valence-corrected chi connectivity index (χ2v) is 6.25. The van der Waals surface area contributed by atoms with Gasteiger partial charge in [0.2, 0.25) is 0 Å². The first-order valence-corrected chi connectivity index (χ1v) is 7.48. The topological polar surface area (TPSA) is 9.23 Å². The molecular weight excluding hydrogens is 332 g/mol. The van der Waals surface area contributed by atoms with E-state index in [4.69, 9.17) is 4.74 Å². The van der Waals surface area contributed by atoms with Crippen LogP contribution in [0.5, 0.6) is 0 Å². The van der Waals surface area contributed by atoms with Crippen molar-refractivity contribution in [3.05, 3.63) is 34.3 Å². The maximum atomic E-state index is 5.63. The summed E-state index contributed by atoms with van der Waals surface area (Å²) in [5.74, 6) is 0. The summed E-state index contributed by atoms with van der Waals surface area (Å²) >= 11 is 7.20. The molecule has 1 nitrogen and oxygen atoms in total. The second kappa shape index (κ2) is 6.18. The monoisotopic (exact) mass is 346 g/mol. The first-order valence-electron chi connectivity index (χ1n) is 5.77. The number of benzene rings is 1. The van der Waals surface area contributed by atoms with E-state index in [2.05, 4.69) is 56.1 Å². The van der Waals surface area contributed by atoms with Gasteiger partial charge in [-0.15, -0.1) is 0 Å². The van der Waals surface area contributed by atoms with Crippen molar-refractivity contribution in [2.75, 3.05) is 6.61 Å². The first kappa shape index (κ1) is 12.6. The van der Waals surface area contributed by atoms with Crippen LogP contribution in [0.4, 0.5) is 0 Å². The molecule has 1 fully saturated rings. The zero-order chi connectivity index (χ0) is 11.4. The molecule has 0 aromatic heterocycles. The van der Waals surface area contributed by atoms with Gasteiger partial charge in [0.1, 0.15) is 0 Å². The number of halogens is 2. The molecule has 1 aliphatic rings. The minimum absolute atomic E-state index is 0.449. The number of ether oxygens (including phenoxy) is 1. The van der Waals surface area contributed by atoms with Gasteiger partial charge < -0.3 is 4.74 Å². The summed E-state index contributed by atoms with van der Waals surface area (Å²) in [5.41, 5.74) is 1.35. The van der Waals surface area contributed by atoms with Crippen molar-refractivity contribution < 1.29 is 4.74 Å². The number of hydrogen-bond acceptors (Lipinski definition) is 1. The van der Waals surface area contributed by atoms with Gasteiger partial charge in [-0.05, 0) is 43.4 Å². The van der Waals surface area contributed by atoms with Gasteiger partial charge in [0.15, 0.2) is 0 Å². The third-order valence-electron chi connectivity index (χ3n) is 3.00. The van der Waals surface area contributed by atoms with E-state index in [1.165, 1.54) is 18.4 Å². The Kier molecular flexibility index (Phi) is 4.86. The lowest BCUT2D eigenvalue weighted by molar-refractivity contribution is 0.102. The van der Waals surface area contributed by atoms with Crippen LogP contribution in [0.3, 0.4) is 0 Å². The summed E-state index contributed by atoms with van der Waals surface area (Å²) < 4.78 is 6.76. The average Bonchev–Trinajstić information content (AvgIpc) is 2.80. The van der Waals surface area contributed by atoms with E-state index in [1.807, 2.05) is 0 Å². The standard InChI is InChI=1S/C13H16Br2O/c14-11-5-3-10(4-6-11)13(15)8-7-12-2-1-9-16-12/h3-6,12-13H,1-2,7-9H2. The average molecular weight is 348 g/mol. The smallest absolute Gasteiger partial charge is 0.0576 e. The third-order valence-corrected chi connectivity index (χ3v) is 4.51. The van der Waals surface area contributed by atoms with Crippen LogP contribution in [-0.2, 0) is 4.74 Å². The molecule has 1 heterocycles. The van der Waals surface area contributed by atoms with E-state index in [-0.39, 0.29) is 0 Å². The highest BCUT2D eigenvalue weighted by molar-refractivity contribution is 9.10. The van der Waals surface area contributed by atoms with Crippen molar-refractivity contribution >= 4 is 31.9 Å². The first-order chi connectivity index (χ1) is 7.75. The normalized spacial score (nSPS) is 22.2. The van der Waals surface area contributed by atoms with E-state index >= 15 is 0 Å². The van der Waals surface area contributed by atoms with E-state index in [0.717, 1.165) is 23.9 Å². The predicted octanol–water partition coefficient (Wildman–Crippen LogP) is 4.84. The molecule has 0 bridgehead atoms. The van der Waals surface area contributed by atoms with Crippen molar-refractivity contribution in [1.82, 2.24) is 0 Å². The van der Waals surface area contributed by atoms with Crippen LogP contribution in [-0.4, -0.2) is 12.7 Å². The Bertz CT molecular complexity index is 317. The van der Waals surface area contributed by atoms with Crippen molar-refractivity contribution in [2.24, 2.45) is 0 Å². The lowest BCUT2D eigenvalue weighted by Gasteiger charge is -2.13. The van der Waals surface area contributed by atoms with Crippen molar-refractivity contribution in [1.29, 1.82) is 0 Å². The summed E-state index contributed by atoms with van der Waals surface area (Å²) in [6.45, 7) is 0.954. The predicted molar refractivity (Wildman–Crippen MR) is 74.0 cm³/mol. The van der Waals surface area contributed by atoms with Crippen LogP contribution in [0.1, 0.15) is 36.1 Å². The lowest BCUT2D eigenvalue weighted by atomic mass is 10.0. The molecule has 16 heavy (non-hydrogen) atoms. The summed E-state index contributed by atoms with van der Waals surface area (Å²) in [6, 6.07) is 8.52.